The molecule has 2 aromatic carbocycles. The van der Waals surface area contributed by atoms with E-state index >= 15 is 0 Å². The molecule has 0 bridgehead atoms. The van der Waals surface area contributed by atoms with E-state index in [-0.39, 0.29) is 0 Å². The number of hydrogen-bond donors (Lipinski definition) is 2. The minimum Gasteiger partial charge on any atom is -0.398 e. The van der Waals surface area contributed by atoms with E-state index in [0.29, 0.717) is 6.26 Å². The van der Waals surface area contributed by atoms with Gasteiger partial charge in [-0.3, -0.25) is 4.55 Å². The first kappa shape index (κ1) is 13.5. The van der Waals surface area contributed by atoms with Crippen LogP contribution >= 0.6 is 0 Å². The molecule has 0 spiro atoms. The molecule has 0 aromatic heterocycles. The topological polar surface area (TPSA) is 80.4 Å². The molecule has 0 aliphatic heterocycles. The van der Waals surface area contributed by atoms with E-state index in [4.69, 9.17) is 10.3 Å². The molecule has 0 unspecified atom stereocenters. The van der Waals surface area contributed by atoms with E-state index in [0.717, 1.165) is 16.6 Å². The molecule has 2 rings (SSSR count). The molecule has 0 radical (unpaired) electrons. The van der Waals surface area contributed by atoms with Gasteiger partial charge in [-0.05, 0) is 17.9 Å². The lowest BCUT2D eigenvalue weighted by molar-refractivity contribution is 0.490. The van der Waals surface area contributed by atoms with Gasteiger partial charge in [0.15, 0.2) is 0 Å². The second-order valence-corrected chi connectivity index (χ2v) is 5.22. The van der Waals surface area contributed by atoms with Crippen molar-refractivity contribution >= 4 is 26.6 Å². The minimum atomic E-state index is -3.67. The van der Waals surface area contributed by atoms with Crippen LogP contribution in [-0.4, -0.2) is 19.2 Å². The average Bonchev–Trinajstić information content (AvgIpc) is 2.22. The minimum absolute atomic E-state index is 0.715. The van der Waals surface area contributed by atoms with E-state index < -0.39 is 10.1 Å². The van der Waals surface area contributed by atoms with Crippen LogP contribution < -0.4 is 5.73 Å². The van der Waals surface area contributed by atoms with Crippen LogP contribution in [0.4, 0.5) is 5.69 Å². The molecular formula is C12H15NO3S. The molecule has 0 saturated carbocycles. The van der Waals surface area contributed by atoms with E-state index in [1.165, 1.54) is 5.39 Å². The summed E-state index contributed by atoms with van der Waals surface area (Å²) in [6.45, 7) is 2.03. The van der Waals surface area contributed by atoms with Gasteiger partial charge in [0.05, 0.1) is 6.26 Å². The average molecular weight is 253 g/mol. The summed E-state index contributed by atoms with van der Waals surface area (Å²) >= 11 is 0. The summed E-state index contributed by atoms with van der Waals surface area (Å²) in [5.74, 6) is 0. The number of hydrogen-bond acceptors (Lipinski definition) is 3. The van der Waals surface area contributed by atoms with Crippen LogP contribution in [0.15, 0.2) is 36.4 Å². The van der Waals surface area contributed by atoms with Crippen molar-refractivity contribution in [3.05, 3.63) is 42.0 Å². The van der Waals surface area contributed by atoms with Crippen molar-refractivity contribution in [1.82, 2.24) is 0 Å². The molecule has 0 saturated heterocycles. The Balaban J connectivity index is 0.000000249. The normalized spacial score (nSPS) is 10.8. The highest BCUT2D eigenvalue weighted by atomic mass is 32.2. The zero-order chi connectivity index (χ0) is 13.1. The summed E-state index contributed by atoms with van der Waals surface area (Å²) in [6, 6.07) is 12.3. The Hall–Kier alpha value is -1.59. The van der Waals surface area contributed by atoms with Gasteiger partial charge < -0.3 is 5.73 Å². The molecular weight excluding hydrogens is 238 g/mol. The molecule has 0 atom stereocenters. The number of fused-ring (bicyclic) bond motifs is 1. The van der Waals surface area contributed by atoms with Crippen LogP contribution in [0.3, 0.4) is 0 Å². The SMILES string of the molecule is CS(=O)(=O)O.Cc1ccc2ccccc2c1N. The Morgan fingerprint density at radius 2 is 1.65 bits per heavy atom. The molecule has 3 N–H and O–H groups in total. The highest BCUT2D eigenvalue weighted by Gasteiger charge is 1.98. The van der Waals surface area contributed by atoms with Crippen molar-refractivity contribution in [3.8, 4) is 0 Å². The zero-order valence-electron chi connectivity index (χ0n) is 9.71. The molecule has 0 heterocycles. The molecule has 17 heavy (non-hydrogen) atoms. The van der Waals surface area contributed by atoms with Gasteiger partial charge in [-0.2, -0.15) is 8.42 Å². The second-order valence-electron chi connectivity index (χ2n) is 3.75. The monoisotopic (exact) mass is 253 g/mol. The van der Waals surface area contributed by atoms with Crippen LogP contribution in [0.5, 0.6) is 0 Å². The third-order valence-electron chi connectivity index (χ3n) is 2.19. The third kappa shape index (κ3) is 4.42. The van der Waals surface area contributed by atoms with Crippen molar-refractivity contribution in [1.29, 1.82) is 0 Å². The number of nitrogens with two attached hydrogens (primary N) is 1. The van der Waals surface area contributed by atoms with Gasteiger partial charge in [0.1, 0.15) is 0 Å². The third-order valence-corrected chi connectivity index (χ3v) is 2.19. The highest BCUT2D eigenvalue weighted by Crippen LogP contribution is 2.23. The molecule has 4 nitrogen and oxygen atoms in total. The van der Waals surface area contributed by atoms with Crippen molar-refractivity contribution in [2.75, 3.05) is 12.0 Å². The van der Waals surface area contributed by atoms with Crippen LogP contribution in [0.25, 0.3) is 10.8 Å². The Morgan fingerprint density at radius 3 is 2.24 bits per heavy atom. The highest BCUT2D eigenvalue weighted by molar-refractivity contribution is 7.85. The van der Waals surface area contributed by atoms with Gasteiger partial charge in [-0.1, -0.05) is 36.4 Å². The van der Waals surface area contributed by atoms with E-state index in [2.05, 4.69) is 24.3 Å². The molecule has 0 aliphatic rings. The fourth-order valence-electron chi connectivity index (χ4n) is 1.40. The predicted octanol–water partition coefficient (Wildman–Crippen LogP) is 2.23. The maximum atomic E-state index is 9.19. The Bertz CT molecular complexity index is 613. The quantitative estimate of drug-likeness (QED) is 0.557. The molecule has 5 heteroatoms. The van der Waals surface area contributed by atoms with Crippen molar-refractivity contribution in [3.63, 3.8) is 0 Å². The molecule has 0 aliphatic carbocycles. The lowest BCUT2D eigenvalue weighted by Crippen LogP contribution is -1.90. The van der Waals surface area contributed by atoms with Crippen LogP contribution in [0.1, 0.15) is 5.56 Å². The van der Waals surface area contributed by atoms with Gasteiger partial charge in [0, 0.05) is 11.1 Å². The first-order valence-corrected chi connectivity index (χ1v) is 6.80. The molecule has 2 aromatic rings. The summed E-state index contributed by atoms with van der Waals surface area (Å²) in [4.78, 5) is 0. The van der Waals surface area contributed by atoms with Gasteiger partial charge in [-0.25, -0.2) is 0 Å². The first-order chi connectivity index (χ1) is 7.79. The lowest BCUT2D eigenvalue weighted by Gasteiger charge is -2.03. The number of benzene rings is 2. The largest absolute Gasteiger partial charge is 0.398 e. The summed E-state index contributed by atoms with van der Waals surface area (Å²) in [5, 5.41) is 2.36. The fourth-order valence-corrected chi connectivity index (χ4v) is 1.40. The van der Waals surface area contributed by atoms with Crippen molar-refractivity contribution in [2.24, 2.45) is 0 Å². The zero-order valence-corrected chi connectivity index (χ0v) is 10.5. The Morgan fingerprint density at radius 1 is 1.12 bits per heavy atom. The smallest absolute Gasteiger partial charge is 0.261 e. The van der Waals surface area contributed by atoms with Crippen molar-refractivity contribution in [2.45, 2.75) is 6.92 Å². The summed E-state index contributed by atoms with van der Waals surface area (Å²) in [5.41, 5.74) is 7.96. The maximum absolute atomic E-state index is 9.19. The summed E-state index contributed by atoms with van der Waals surface area (Å²) in [6.07, 6.45) is 0.715. The second kappa shape index (κ2) is 5.16. The van der Waals surface area contributed by atoms with Crippen LogP contribution in [-0.2, 0) is 10.1 Å². The van der Waals surface area contributed by atoms with Crippen LogP contribution in [0, 0.1) is 6.92 Å². The van der Waals surface area contributed by atoms with Gasteiger partial charge in [-0.15, -0.1) is 0 Å². The molecule has 0 amide bonds. The predicted molar refractivity (Wildman–Crippen MR) is 70.6 cm³/mol. The van der Waals surface area contributed by atoms with E-state index in [1.54, 1.807) is 0 Å². The number of aryl methyl sites for hydroxylation is 1. The standard InChI is InChI=1S/C11H11N.CH4O3S/c1-8-6-7-9-4-2-3-5-10(9)11(8)12;1-5(2,3)4/h2-7H,12H2,1H3;1H3,(H,2,3,4). The van der Waals surface area contributed by atoms with Gasteiger partial charge >= 0.3 is 0 Å². The van der Waals surface area contributed by atoms with E-state index in [1.807, 2.05) is 19.1 Å². The molecule has 92 valence electrons. The lowest BCUT2D eigenvalue weighted by atomic mass is 10.1. The number of anilines is 1. The Labute approximate surface area is 101 Å². The van der Waals surface area contributed by atoms with E-state index in [9.17, 15) is 8.42 Å². The van der Waals surface area contributed by atoms with Crippen molar-refractivity contribution < 1.29 is 13.0 Å². The fraction of sp³-hybridized carbons (Fsp3) is 0.167. The maximum Gasteiger partial charge on any atom is 0.261 e. The van der Waals surface area contributed by atoms with Gasteiger partial charge in [0.25, 0.3) is 10.1 Å². The Kier molecular flexibility index (Phi) is 4.09. The molecule has 0 fully saturated rings. The summed E-state index contributed by atoms with van der Waals surface area (Å²) < 4.78 is 25.9. The summed E-state index contributed by atoms with van der Waals surface area (Å²) in [7, 11) is -3.67. The first-order valence-electron chi connectivity index (χ1n) is 4.95. The number of rotatable bonds is 0. The van der Waals surface area contributed by atoms with Crippen LogP contribution in [0.2, 0.25) is 0 Å². The van der Waals surface area contributed by atoms with Gasteiger partial charge in [0.2, 0.25) is 0 Å². The number of nitrogen functional groups attached to an aromatic ring is 1.